The van der Waals surface area contributed by atoms with E-state index in [1.54, 1.807) is 0 Å². The third-order valence-electron chi connectivity index (χ3n) is 3.14. The molecule has 0 saturated carbocycles. The first kappa shape index (κ1) is 15.7. The molecule has 8 nitrogen and oxygen atoms in total. The van der Waals surface area contributed by atoms with Crippen molar-refractivity contribution < 1.29 is 32.5 Å². The third-order valence-corrected chi connectivity index (χ3v) is 3.14. The van der Waals surface area contributed by atoms with Gasteiger partial charge in [0.1, 0.15) is 0 Å². The Morgan fingerprint density at radius 2 is 2.00 bits per heavy atom. The molecule has 0 spiro atoms. The number of rotatable bonds is 3. The van der Waals surface area contributed by atoms with Gasteiger partial charge < -0.3 is 24.7 Å². The zero-order valence-electron chi connectivity index (χ0n) is 12.5. The molecule has 2 aromatic rings. The molecule has 10 heteroatoms. The van der Waals surface area contributed by atoms with E-state index in [2.05, 4.69) is 24.2 Å². The first-order valence-electron chi connectivity index (χ1n) is 6.55. The summed E-state index contributed by atoms with van der Waals surface area (Å²) in [7, 11) is 2.43. The van der Waals surface area contributed by atoms with Crippen LogP contribution in [-0.4, -0.2) is 36.5 Å². The molecule has 2 N–H and O–H groups in total. The summed E-state index contributed by atoms with van der Waals surface area (Å²) in [6.45, 7) is 0. The van der Waals surface area contributed by atoms with Gasteiger partial charge in [0.05, 0.1) is 19.8 Å². The van der Waals surface area contributed by atoms with Crippen molar-refractivity contribution in [3.63, 3.8) is 0 Å². The Bertz CT molecular complexity index is 828. The lowest BCUT2D eigenvalue weighted by Gasteiger charge is -2.11. The van der Waals surface area contributed by atoms with Crippen LogP contribution in [0.5, 0.6) is 17.2 Å². The average Bonchev–Trinajstić information content (AvgIpc) is 2.86. The van der Waals surface area contributed by atoms with Crippen LogP contribution in [0.25, 0.3) is 11.4 Å². The van der Waals surface area contributed by atoms with Crippen LogP contribution >= 0.6 is 0 Å². The number of aromatic nitrogens is 2. The molecule has 0 saturated heterocycles. The zero-order valence-corrected chi connectivity index (χ0v) is 12.5. The van der Waals surface area contributed by atoms with Gasteiger partial charge >= 0.3 is 12.3 Å². The van der Waals surface area contributed by atoms with Crippen LogP contribution in [0.1, 0.15) is 10.5 Å². The van der Waals surface area contributed by atoms with E-state index in [0.29, 0.717) is 0 Å². The van der Waals surface area contributed by atoms with Gasteiger partial charge in [0, 0.05) is 0 Å². The van der Waals surface area contributed by atoms with Crippen molar-refractivity contribution in [3.05, 3.63) is 23.9 Å². The largest absolute Gasteiger partial charge is 0.586 e. The number of methoxy groups -OCH3 is 2. The smallest absolute Gasteiger partial charge is 0.491 e. The van der Waals surface area contributed by atoms with Gasteiger partial charge in [-0.15, -0.1) is 8.78 Å². The van der Waals surface area contributed by atoms with Gasteiger partial charge in [-0.3, -0.25) is 0 Å². The lowest BCUT2D eigenvalue weighted by Crippen LogP contribution is -2.26. The number of carbonyl (C=O) groups excluding carboxylic acids is 1. The number of esters is 1. The molecule has 0 amide bonds. The van der Waals surface area contributed by atoms with Crippen molar-refractivity contribution in [1.29, 1.82) is 0 Å². The van der Waals surface area contributed by atoms with Crippen LogP contribution in [0.4, 0.5) is 14.6 Å². The Hall–Kier alpha value is -3.17. The van der Waals surface area contributed by atoms with Crippen LogP contribution in [-0.2, 0) is 4.74 Å². The summed E-state index contributed by atoms with van der Waals surface area (Å²) < 4.78 is 45.0. The Kier molecular flexibility index (Phi) is 3.59. The number of nitrogen functional groups attached to an aromatic ring is 1. The van der Waals surface area contributed by atoms with Gasteiger partial charge in [0.2, 0.25) is 0 Å². The number of halogens is 2. The summed E-state index contributed by atoms with van der Waals surface area (Å²) in [5.41, 5.74) is 5.59. The van der Waals surface area contributed by atoms with E-state index in [0.717, 1.165) is 7.11 Å². The van der Waals surface area contributed by atoms with Crippen LogP contribution in [0.2, 0.25) is 0 Å². The molecule has 0 atom stereocenters. The Labute approximate surface area is 134 Å². The van der Waals surface area contributed by atoms with E-state index in [-0.39, 0.29) is 40.1 Å². The molecule has 3 rings (SSSR count). The lowest BCUT2D eigenvalue weighted by atomic mass is 10.1. The van der Waals surface area contributed by atoms with E-state index in [1.165, 1.54) is 25.3 Å². The van der Waals surface area contributed by atoms with Gasteiger partial charge in [0.25, 0.3) is 0 Å². The Morgan fingerprint density at radius 1 is 1.25 bits per heavy atom. The average molecular weight is 339 g/mol. The highest BCUT2D eigenvalue weighted by molar-refractivity contribution is 5.92. The number of carbonyl (C=O) groups is 1. The highest BCUT2D eigenvalue weighted by Gasteiger charge is 2.45. The second-order valence-corrected chi connectivity index (χ2v) is 4.61. The minimum Gasteiger partial charge on any atom is -0.491 e. The number of hydrogen-bond donors (Lipinski definition) is 1. The lowest BCUT2D eigenvalue weighted by molar-refractivity contribution is -0.286. The number of nitrogens with two attached hydrogens (primary N) is 1. The van der Waals surface area contributed by atoms with Crippen molar-refractivity contribution in [3.8, 4) is 28.6 Å². The summed E-state index contributed by atoms with van der Waals surface area (Å²) >= 11 is 0. The highest BCUT2D eigenvalue weighted by atomic mass is 19.3. The predicted octanol–water partition coefficient (Wildman–Crippen LogP) is 1.84. The van der Waals surface area contributed by atoms with Gasteiger partial charge in [0.15, 0.2) is 34.6 Å². The number of alkyl halides is 2. The van der Waals surface area contributed by atoms with Gasteiger partial charge in [-0.05, 0) is 12.1 Å². The number of nitrogens with zero attached hydrogens (tertiary/aromatic N) is 2. The molecular formula is C14H11F2N3O5. The molecule has 1 aliphatic heterocycles. The second kappa shape index (κ2) is 5.48. The molecule has 0 bridgehead atoms. The fourth-order valence-electron chi connectivity index (χ4n) is 2.17. The summed E-state index contributed by atoms with van der Waals surface area (Å²) in [5, 5.41) is 0. The standard InChI is InChI=1S/C14H11F2N3O5/c1-21-10-8(13(20)22-2)18-12(19-11(10)17)6-4-3-5-7-9(6)24-14(15,16)23-7/h3-5H,1-2H3,(H2,17,18,19). The van der Waals surface area contributed by atoms with Crippen LogP contribution < -0.4 is 19.9 Å². The first-order chi connectivity index (χ1) is 11.4. The molecule has 126 valence electrons. The number of anilines is 1. The molecule has 2 heterocycles. The number of para-hydroxylation sites is 1. The molecule has 0 radical (unpaired) electrons. The maximum absolute atomic E-state index is 13.3. The van der Waals surface area contributed by atoms with Crippen molar-refractivity contribution >= 4 is 11.8 Å². The zero-order chi connectivity index (χ0) is 17.5. The minimum absolute atomic E-state index is 0.0733. The van der Waals surface area contributed by atoms with E-state index in [1.807, 2.05) is 0 Å². The van der Waals surface area contributed by atoms with Crippen LogP contribution in [0, 0.1) is 0 Å². The van der Waals surface area contributed by atoms with Gasteiger partial charge in [-0.2, -0.15) is 0 Å². The normalized spacial score (nSPS) is 14.3. The Balaban J connectivity index is 2.18. The van der Waals surface area contributed by atoms with Crippen molar-refractivity contribution in [1.82, 2.24) is 9.97 Å². The summed E-state index contributed by atoms with van der Waals surface area (Å²) in [6.07, 6.45) is -3.80. The minimum atomic E-state index is -3.80. The van der Waals surface area contributed by atoms with Gasteiger partial charge in [-0.1, -0.05) is 6.07 Å². The highest BCUT2D eigenvalue weighted by Crippen LogP contribution is 2.46. The molecule has 1 aromatic heterocycles. The molecule has 1 aliphatic rings. The van der Waals surface area contributed by atoms with E-state index in [9.17, 15) is 13.6 Å². The fourth-order valence-corrected chi connectivity index (χ4v) is 2.17. The molecule has 0 fully saturated rings. The number of ether oxygens (including phenoxy) is 4. The van der Waals surface area contributed by atoms with E-state index >= 15 is 0 Å². The third kappa shape index (κ3) is 2.51. The van der Waals surface area contributed by atoms with Crippen molar-refractivity contribution in [2.45, 2.75) is 6.29 Å². The summed E-state index contributed by atoms with van der Waals surface area (Å²) in [4.78, 5) is 19.8. The summed E-state index contributed by atoms with van der Waals surface area (Å²) in [6, 6.07) is 4.17. The topological polar surface area (TPSA) is 106 Å². The quantitative estimate of drug-likeness (QED) is 0.845. The second-order valence-electron chi connectivity index (χ2n) is 4.61. The van der Waals surface area contributed by atoms with Crippen molar-refractivity contribution in [2.24, 2.45) is 0 Å². The van der Waals surface area contributed by atoms with Crippen molar-refractivity contribution in [2.75, 3.05) is 20.0 Å². The predicted molar refractivity (Wildman–Crippen MR) is 76.0 cm³/mol. The van der Waals surface area contributed by atoms with Crippen LogP contribution in [0.3, 0.4) is 0 Å². The van der Waals surface area contributed by atoms with E-state index < -0.39 is 12.3 Å². The van der Waals surface area contributed by atoms with Crippen LogP contribution in [0.15, 0.2) is 18.2 Å². The molecule has 0 aliphatic carbocycles. The Morgan fingerprint density at radius 3 is 2.67 bits per heavy atom. The maximum Gasteiger partial charge on any atom is 0.586 e. The molecule has 1 aromatic carbocycles. The SMILES string of the molecule is COC(=O)c1nc(-c2cccc3c2OC(F)(F)O3)nc(N)c1OC. The molecule has 0 unspecified atom stereocenters. The maximum atomic E-state index is 13.3. The van der Waals surface area contributed by atoms with E-state index in [4.69, 9.17) is 10.5 Å². The number of hydrogen-bond acceptors (Lipinski definition) is 8. The fraction of sp³-hybridized carbons (Fsp3) is 0.214. The number of fused-ring (bicyclic) bond motifs is 1. The van der Waals surface area contributed by atoms with Gasteiger partial charge in [-0.25, -0.2) is 14.8 Å². The first-order valence-corrected chi connectivity index (χ1v) is 6.55. The number of benzene rings is 1. The molecular weight excluding hydrogens is 328 g/mol. The molecule has 24 heavy (non-hydrogen) atoms. The summed E-state index contributed by atoms with van der Waals surface area (Å²) in [5.74, 6) is -1.63. The monoisotopic (exact) mass is 339 g/mol.